The number of carbonyl (C=O) groups excluding carboxylic acids is 4. The molecule has 3 aromatic carbocycles. The molecule has 8 nitrogen and oxygen atoms in total. The molecule has 0 saturated carbocycles. The lowest BCUT2D eigenvalue weighted by atomic mass is 10.0. The number of ether oxygens (including phenoxy) is 1. The summed E-state index contributed by atoms with van der Waals surface area (Å²) in [5.41, 5.74) is 4.92. The van der Waals surface area contributed by atoms with Crippen LogP contribution in [0.5, 0.6) is 0 Å². The van der Waals surface area contributed by atoms with Crippen molar-refractivity contribution in [2.45, 2.75) is 27.7 Å². The van der Waals surface area contributed by atoms with Crippen LogP contribution in [0, 0.1) is 20.8 Å². The first-order valence-corrected chi connectivity index (χ1v) is 13.2. The molecule has 5 rings (SSSR count). The summed E-state index contributed by atoms with van der Waals surface area (Å²) < 4.78 is 7.08. The van der Waals surface area contributed by atoms with Crippen molar-refractivity contribution in [3.05, 3.63) is 119 Å². The number of para-hydroxylation sites is 1. The van der Waals surface area contributed by atoms with Gasteiger partial charge < -0.3 is 9.30 Å². The number of anilines is 2. The zero-order chi connectivity index (χ0) is 29.3. The van der Waals surface area contributed by atoms with Gasteiger partial charge in [0.05, 0.1) is 23.5 Å². The molecule has 0 N–H and O–H groups in total. The minimum Gasteiger partial charge on any atom is -0.462 e. The maximum atomic E-state index is 13.8. The van der Waals surface area contributed by atoms with Crippen molar-refractivity contribution in [1.29, 1.82) is 0 Å². The Balaban J connectivity index is 1.62. The SMILES string of the molecule is CCOC(=O)c1cccc(-n2c(C)cc(/C=C3\C(=O)N(c4ccccc4)C(=O)N(c4ccc(C)cc4)C3=O)c2C)c1. The van der Waals surface area contributed by atoms with Gasteiger partial charge in [-0.25, -0.2) is 19.4 Å². The summed E-state index contributed by atoms with van der Waals surface area (Å²) in [7, 11) is 0. The van der Waals surface area contributed by atoms with Crippen LogP contribution in [0.2, 0.25) is 0 Å². The lowest BCUT2D eigenvalue weighted by Crippen LogP contribution is -2.57. The summed E-state index contributed by atoms with van der Waals surface area (Å²) in [6, 6.07) is 23.7. The highest BCUT2D eigenvalue weighted by Crippen LogP contribution is 2.31. The monoisotopic (exact) mass is 547 g/mol. The van der Waals surface area contributed by atoms with Gasteiger partial charge in [-0.3, -0.25) is 9.59 Å². The Morgan fingerprint density at radius 3 is 2.00 bits per heavy atom. The van der Waals surface area contributed by atoms with Crippen molar-refractivity contribution in [2.75, 3.05) is 16.4 Å². The first-order valence-electron chi connectivity index (χ1n) is 13.2. The van der Waals surface area contributed by atoms with E-state index in [1.165, 1.54) is 6.08 Å². The predicted molar refractivity (Wildman–Crippen MR) is 157 cm³/mol. The van der Waals surface area contributed by atoms with E-state index in [2.05, 4.69) is 0 Å². The third kappa shape index (κ3) is 5.07. The third-order valence-corrected chi connectivity index (χ3v) is 6.94. The minimum atomic E-state index is -0.742. The summed E-state index contributed by atoms with van der Waals surface area (Å²) >= 11 is 0. The number of hydrogen-bond donors (Lipinski definition) is 0. The van der Waals surface area contributed by atoms with Gasteiger partial charge in [-0.1, -0.05) is 42.0 Å². The number of hydrogen-bond acceptors (Lipinski definition) is 5. The second kappa shape index (κ2) is 11.1. The van der Waals surface area contributed by atoms with Crippen molar-refractivity contribution < 1.29 is 23.9 Å². The van der Waals surface area contributed by atoms with E-state index < -0.39 is 23.8 Å². The van der Waals surface area contributed by atoms with E-state index in [-0.39, 0.29) is 12.2 Å². The van der Waals surface area contributed by atoms with Crippen molar-refractivity contribution >= 4 is 41.3 Å². The van der Waals surface area contributed by atoms with Crippen LogP contribution in [0.15, 0.2) is 90.5 Å². The molecular weight excluding hydrogens is 518 g/mol. The van der Waals surface area contributed by atoms with Crippen LogP contribution in [0.3, 0.4) is 0 Å². The number of nitrogens with zero attached hydrogens (tertiary/aromatic N) is 3. The molecule has 1 aromatic heterocycles. The van der Waals surface area contributed by atoms with Gasteiger partial charge in [0.2, 0.25) is 0 Å². The Bertz CT molecular complexity index is 1700. The molecule has 1 aliphatic heterocycles. The Kier molecular flexibility index (Phi) is 7.40. The maximum Gasteiger partial charge on any atom is 0.343 e. The largest absolute Gasteiger partial charge is 0.462 e. The standard InChI is InChI=1S/C33H29N3O5/c1-5-41-32(39)24-10-9-13-28(19-24)34-22(3)18-25(23(34)4)20-29-30(37)35(26-11-7-6-8-12-26)33(40)36(31(29)38)27-16-14-21(2)15-17-27/h6-20H,5H2,1-4H3/b29-20+. The van der Waals surface area contributed by atoms with E-state index in [4.69, 9.17) is 4.74 Å². The van der Waals surface area contributed by atoms with E-state index in [9.17, 15) is 19.2 Å². The number of rotatable bonds is 6. The summed E-state index contributed by atoms with van der Waals surface area (Å²) in [6.07, 6.45) is 1.53. The van der Waals surface area contributed by atoms with E-state index in [1.54, 1.807) is 79.7 Å². The number of amides is 4. The maximum absolute atomic E-state index is 13.8. The molecule has 1 saturated heterocycles. The molecule has 0 atom stereocenters. The number of benzene rings is 3. The normalized spacial score (nSPS) is 14.6. The number of aromatic nitrogens is 1. The number of esters is 1. The fraction of sp³-hybridized carbons (Fsp3) is 0.152. The fourth-order valence-corrected chi connectivity index (χ4v) is 4.93. The van der Waals surface area contributed by atoms with E-state index >= 15 is 0 Å². The lowest BCUT2D eigenvalue weighted by Gasteiger charge is -2.34. The molecule has 2 heterocycles. The van der Waals surface area contributed by atoms with Gasteiger partial charge in [0.1, 0.15) is 5.57 Å². The van der Waals surface area contributed by atoms with Crippen LogP contribution >= 0.6 is 0 Å². The molecule has 4 aromatic rings. The van der Waals surface area contributed by atoms with Crippen molar-refractivity contribution in [1.82, 2.24) is 4.57 Å². The Hall–Kier alpha value is -5.24. The van der Waals surface area contributed by atoms with E-state index in [0.717, 1.165) is 32.4 Å². The van der Waals surface area contributed by atoms with Crippen LogP contribution in [-0.2, 0) is 14.3 Å². The minimum absolute atomic E-state index is 0.144. The molecule has 0 bridgehead atoms. The van der Waals surface area contributed by atoms with Crippen LogP contribution in [0.4, 0.5) is 16.2 Å². The highest BCUT2D eigenvalue weighted by atomic mass is 16.5. The molecule has 8 heteroatoms. The highest BCUT2D eigenvalue weighted by molar-refractivity contribution is 6.46. The van der Waals surface area contributed by atoms with Crippen molar-refractivity contribution in [3.8, 4) is 5.69 Å². The number of imide groups is 2. The second-order valence-electron chi connectivity index (χ2n) is 9.73. The molecule has 1 aliphatic rings. The molecule has 0 aliphatic carbocycles. The quantitative estimate of drug-likeness (QED) is 0.164. The van der Waals surface area contributed by atoms with Crippen LogP contribution in [0.25, 0.3) is 11.8 Å². The van der Waals surface area contributed by atoms with Gasteiger partial charge in [0.25, 0.3) is 11.8 Å². The number of barbiturate groups is 1. The van der Waals surface area contributed by atoms with Crippen LogP contribution in [0.1, 0.15) is 39.8 Å². The molecule has 41 heavy (non-hydrogen) atoms. The van der Waals surface area contributed by atoms with Gasteiger partial charge >= 0.3 is 12.0 Å². The van der Waals surface area contributed by atoms with Gasteiger partial charge in [0.15, 0.2) is 0 Å². The Labute approximate surface area is 238 Å². The summed E-state index contributed by atoms with van der Waals surface area (Å²) in [4.78, 5) is 55.6. The first-order chi connectivity index (χ1) is 19.7. The average Bonchev–Trinajstić information content (AvgIpc) is 3.25. The van der Waals surface area contributed by atoms with Crippen molar-refractivity contribution in [3.63, 3.8) is 0 Å². The molecule has 0 spiro atoms. The third-order valence-electron chi connectivity index (χ3n) is 6.94. The van der Waals surface area contributed by atoms with E-state index in [0.29, 0.717) is 22.5 Å². The zero-order valence-electron chi connectivity index (χ0n) is 23.3. The van der Waals surface area contributed by atoms with Crippen LogP contribution < -0.4 is 9.80 Å². The summed E-state index contributed by atoms with van der Waals surface area (Å²) in [5, 5.41) is 0. The molecule has 206 valence electrons. The molecule has 0 unspecified atom stereocenters. The highest BCUT2D eigenvalue weighted by Gasteiger charge is 2.43. The lowest BCUT2D eigenvalue weighted by molar-refractivity contribution is -0.121. The fourth-order valence-electron chi connectivity index (χ4n) is 4.93. The number of urea groups is 1. The summed E-state index contributed by atoms with van der Waals surface area (Å²) in [5.74, 6) is -1.83. The smallest absolute Gasteiger partial charge is 0.343 e. The second-order valence-corrected chi connectivity index (χ2v) is 9.73. The molecule has 0 radical (unpaired) electrons. The topological polar surface area (TPSA) is 88.9 Å². The number of carbonyl (C=O) groups is 4. The Morgan fingerprint density at radius 2 is 1.37 bits per heavy atom. The predicted octanol–water partition coefficient (Wildman–Crippen LogP) is 6.16. The van der Waals surface area contributed by atoms with Gasteiger partial charge in [-0.15, -0.1) is 0 Å². The first kappa shape index (κ1) is 27.3. The molecule has 1 fully saturated rings. The summed E-state index contributed by atoms with van der Waals surface area (Å²) in [6.45, 7) is 7.70. The van der Waals surface area contributed by atoms with Crippen LogP contribution in [-0.4, -0.2) is 35.0 Å². The van der Waals surface area contributed by atoms with Gasteiger partial charge in [-0.2, -0.15) is 0 Å². The average molecular weight is 548 g/mol. The van der Waals surface area contributed by atoms with Crippen molar-refractivity contribution in [2.24, 2.45) is 0 Å². The molecular formula is C33H29N3O5. The Morgan fingerprint density at radius 1 is 0.756 bits per heavy atom. The number of aryl methyl sites for hydroxylation is 2. The van der Waals surface area contributed by atoms with E-state index in [1.807, 2.05) is 37.5 Å². The van der Waals surface area contributed by atoms with Gasteiger partial charge in [-0.05, 0) is 87.9 Å². The zero-order valence-corrected chi connectivity index (χ0v) is 23.3. The van der Waals surface area contributed by atoms with Gasteiger partial charge in [0, 0.05) is 17.1 Å². The molecule has 4 amide bonds.